The van der Waals surface area contributed by atoms with Gasteiger partial charge in [0.2, 0.25) is 5.91 Å². The molecule has 1 aliphatic carbocycles. The summed E-state index contributed by atoms with van der Waals surface area (Å²) in [4.78, 5) is 13.4. The van der Waals surface area contributed by atoms with Crippen LogP contribution in [0.4, 0.5) is 0 Å². The minimum absolute atomic E-state index is 0.169. The van der Waals surface area contributed by atoms with E-state index in [4.69, 9.17) is 5.73 Å². The highest BCUT2D eigenvalue weighted by Crippen LogP contribution is 2.21. The molecule has 3 N–H and O–H groups in total. The van der Waals surface area contributed by atoms with Crippen molar-refractivity contribution in [3.8, 4) is 0 Å². The van der Waals surface area contributed by atoms with E-state index >= 15 is 0 Å². The van der Waals surface area contributed by atoms with E-state index in [9.17, 15) is 4.79 Å². The second kappa shape index (κ2) is 6.86. The first-order valence-electron chi connectivity index (χ1n) is 6.38. The SMILES string of the molecule is CCC(NCCN(C)C1CCCC1)C(N)=O. The molecule has 0 aromatic rings. The minimum Gasteiger partial charge on any atom is -0.368 e. The van der Waals surface area contributed by atoms with Gasteiger partial charge >= 0.3 is 0 Å². The van der Waals surface area contributed by atoms with Crippen LogP contribution in [0.25, 0.3) is 0 Å². The summed E-state index contributed by atoms with van der Waals surface area (Å²) in [5.41, 5.74) is 5.27. The Labute approximate surface area is 98.6 Å². The lowest BCUT2D eigenvalue weighted by Gasteiger charge is -2.24. The van der Waals surface area contributed by atoms with Crippen molar-refractivity contribution < 1.29 is 4.79 Å². The third kappa shape index (κ3) is 4.10. The standard InChI is InChI=1S/C12H25N3O/c1-3-11(12(13)16)14-8-9-15(2)10-6-4-5-7-10/h10-11,14H,3-9H2,1-2H3,(H2,13,16). The Hall–Kier alpha value is -0.610. The Morgan fingerprint density at radius 1 is 1.50 bits per heavy atom. The molecule has 1 rings (SSSR count). The first-order chi connectivity index (χ1) is 7.65. The molecule has 16 heavy (non-hydrogen) atoms. The van der Waals surface area contributed by atoms with Crippen molar-refractivity contribution in [1.29, 1.82) is 0 Å². The summed E-state index contributed by atoms with van der Waals surface area (Å²) in [6, 6.07) is 0.576. The summed E-state index contributed by atoms with van der Waals surface area (Å²) in [7, 11) is 2.17. The topological polar surface area (TPSA) is 58.4 Å². The molecule has 4 heteroatoms. The van der Waals surface area contributed by atoms with Crippen molar-refractivity contribution in [2.45, 2.75) is 51.1 Å². The molecule has 1 unspecified atom stereocenters. The van der Waals surface area contributed by atoms with E-state index in [0.717, 1.165) is 25.6 Å². The Kier molecular flexibility index (Phi) is 5.77. The average molecular weight is 227 g/mol. The second-order valence-electron chi connectivity index (χ2n) is 4.74. The van der Waals surface area contributed by atoms with Crippen LogP contribution in [0.5, 0.6) is 0 Å². The van der Waals surface area contributed by atoms with Gasteiger partial charge in [0.25, 0.3) is 0 Å². The molecule has 1 fully saturated rings. The van der Waals surface area contributed by atoms with Gasteiger partial charge in [-0.2, -0.15) is 0 Å². The first kappa shape index (κ1) is 13.5. The summed E-state index contributed by atoms with van der Waals surface area (Å²) in [6.07, 6.45) is 6.14. The van der Waals surface area contributed by atoms with E-state index in [1.165, 1.54) is 25.7 Å². The molecular formula is C12H25N3O. The van der Waals surface area contributed by atoms with Gasteiger partial charge in [-0.25, -0.2) is 0 Å². The van der Waals surface area contributed by atoms with Crippen LogP contribution in [-0.4, -0.2) is 43.0 Å². The maximum atomic E-state index is 11.0. The van der Waals surface area contributed by atoms with Crippen LogP contribution in [0.15, 0.2) is 0 Å². The summed E-state index contributed by atoms with van der Waals surface area (Å²) in [5, 5.41) is 3.21. The molecule has 4 nitrogen and oxygen atoms in total. The number of rotatable bonds is 7. The number of carbonyl (C=O) groups is 1. The molecule has 1 atom stereocenters. The lowest BCUT2D eigenvalue weighted by Crippen LogP contribution is -2.44. The Bertz CT molecular complexity index is 214. The largest absolute Gasteiger partial charge is 0.368 e. The lowest BCUT2D eigenvalue weighted by atomic mass is 10.2. The van der Waals surface area contributed by atoms with Crippen LogP contribution in [0, 0.1) is 0 Å². The van der Waals surface area contributed by atoms with E-state index in [1.54, 1.807) is 0 Å². The molecule has 1 amide bonds. The number of likely N-dealkylation sites (N-methyl/N-ethyl adjacent to an activating group) is 1. The molecule has 0 saturated heterocycles. The molecule has 0 heterocycles. The smallest absolute Gasteiger partial charge is 0.234 e. The highest BCUT2D eigenvalue weighted by Gasteiger charge is 2.19. The van der Waals surface area contributed by atoms with Crippen molar-refractivity contribution >= 4 is 5.91 Å². The van der Waals surface area contributed by atoms with Gasteiger partial charge in [0, 0.05) is 19.1 Å². The van der Waals surface area contributed by atoms with Gasteiger partial charge in [-0.3, -0.25) is 4.79 Å². The number of amides is 1. The number of carbonyl (C=O) groups excluding carboxylic acids is 1. The molecule has 94 valence electrons. The highest BCUT2D eigenvalue weighted by atomic mass is 16.1. The van der Waals surface area contributed by atoms with E-state index in [1.807, 2.05) is 6.92 Å². The van der Waals surface area contributed by atoms with Gasteiger partial charge in [0.05, 0.1) is 6.04 Å². The van der Waals surface area contributed by atoms with Crippen molar-refractivity contribution in [3.63, 3.8) is 0 Å². The van der Waals surface area contributed by atoms with Gasteiger partial charge < -0.3 is 16.0 Å². The van der Waals surface area contributed by atoms with Crippen molar-refractivity contribution in [3.05, 3.63) is 0 Å². The van der Waals surface area contributed by atoms with Crippen molar-refractivity contribution in [2.24, 2.45) is 5.73 Å². The van der Waals surface area contributed by atoms with Crippen LogP contribution in [0.2, 0.25) is 0 Å². The molecule has 0 aromatic heterocycles. The van der Waals surface area contributed by atoms with Gasteiger partial charge in [-0.1, -0.05) is 19.8 Å². The van der Waals surface area contributed by atoms with E-state index in [0.29, 0.717) is 0 Å². The molecular weight excluding hydrogens is 202 g/mol. The van der Waals surface area contributed by atoms with Crippen molar-refractivity contribution in [2.75, 3.05) is 20.1 Å². The molecule has 0 aliphatic heterocycles. The zero-order valence-corrected chi connectivity index (χ0v) is 10.5. The zero-order valence-electron chi connectivity index (χ0n) is 10.5. The minimum atomic E-state index is -0.244. The maximum Gasteiger partial charge on any atom is 0.234 e. The second-order valence-corrected chi connectivity index (χ2v) is 4.74. The fourth-order valence-corrected chi connectivity index (χ4v) is 2.39. The number of nitrogens with two attached hydrogens (primary N) is 1. The predicted molar refractivity (Wildman–Crippen MR) is 66.2 cm³/mol. The lowest BCUT2D eigenvalue weighted by molar-refractivity contribution is -0.120. The van der Waals surface area contributed by atoms with Gasteiger partial charge in [0.1, 0.15) is 0 Å². The quantitative estimate of drug-likeness (QED) is 0.673. The Balaban J connectivity index is 2.16. The van der Waals surface area contributed by atoms with Gasteiger partial charge in [-0.05, 0) is 26.3 Å². The third-order valence-corrected chi connectivity index (χ3v) is 3.55. The third-order valence-electron chi connectivity index (χ3n) is 3.55. The van der Waals surface area contributed by atoms with E-state index < -0.39 is 0 Å². The van der Waals surface area contributed by atoms with E-state index in [-0.39, 0.29) is 11.9 Å². The van der Waals surface area contributed by atoms with E-state index in [2.05, 4.69) is 17.3 Å². The fourth-order valence-electron chi connectivity index (χ4n) is 2.39. The zero-order chi connectivity index (χ0) is 12.0. The van der Waals surface area contributed by atoms with Crippen LogP contribution in [-0.2, 0) is 4.79 Å². The van der Waals surface area contributed by atoms with Gasteiger partial charge in [-0.15, -0.1) is 0 Å². The fraction of sp³-hybridized carbons (Fsp3) is 0.917. The summed E-state index contributed by atoms with van der Waals surface area (Å²) >= 11 is 0. The van der Waals surface area contributed by atoms with Crippen LogP contribution >= 0.6 is 0 Å². The molecule has 0 aromatic carbocycles. The first-order valence-corrected chi connectivity index (χ1v) is 6.38. The van der Waals surface area contributed by atoms with Crippen LogP contribution < -0.4 is 11.1 Å². The molecule has 1 aliphatic rings. The number of nitrogens with one attached hydrogen (secondary N) is 1. The summed E-state index contributed by atoms with van der Waals surface area (Å²) in [5.74, 6) is -0.244. The average Bonchev–Trinajstić information content (AvgIpc) is 2.76. The summed E-state index contributed by atoms with van der Waals surface area (Å²) < 4.78 is 0. The van der Waals surface area contributed by atoms with Crippen molar-refractivity contribution in [1.82, 2.24) is 10.2 Å². The number of hydrogen-bond acceptors (Lipinski definition) is 3. The summed E-state index contributed by atoms with van der Waals surface area (Å²) in [6.45, 7) is 3.81. The number of hydrogen-bond donors (Lipinski definition) is 2. The molecule has 0 bridgehead atoms. The monoisotopic (exact) mass is 227 g/mol. The molecule has 0 spiro atoms. The van der Waals surface area contributed by atoms with Gasteiger partial charge in [0.15, 0.2) is 0 Å². The Morgan fingerprint density at radius 2 is 2.12 bits per heavy atom. The molecule has 1 saturated carbocycles. The van der Waals surface area contributed by atoms with Crippen LogP contribution in [0.1, 0.15) is 39.0 Å². The number of nitrogens with zero attached hydrogens (tertiary/aromatic N) is 1. The maximum absolute atomic E-state index is 11.0. The Morgan fingerprint density at radius 3 is 2.62 bits per heavy atom. The normalized spacial score (nSPS) is 19.2. The van der Waals surface area contributed by atoms with Crippen LogP contribution in [0.3, 0.4) is 0 Å². The predicted octanol–water partition coefficient (Wildman–Crippen LogP) is 0.714. The number of primary amides is 1. The highest BCUT2D eigenvalue weighted by molar-refractivity contribution is 5.79. The molecule has 0 radical (unpaired) electrons.